The standard InChI is InChI=1S/C11H13N3O3S/c1-12-18(15,16)11-4-2-3-9(5-11)14-7-10-6-13-8-17-10/h2-6,8,12,14H,7H2,1H3. The first-order valence-corrected chi connectivity index (χ1v) is 6.75. The van der Waals surface area contributed by atoms with Gasteiger partial charge in [-0.25, -0.2) is 18.1 Å². The fourth-order valence-electron chi connectivity index (χ4n) is 1.41. The summed E-state index contributed by atoms with van der Waals surface area (Å²) in [4.78, 5) is 4.01. The number of nitrogens with one attached hydrogen (secondary N) is 2. The van der Waals surface area contributed by atoms with Crippen molar-refractivity contribution < 1.29 is 12.8 Å². The second kappa shape index (κ2) is 5.19. The third-order valence-electron chi connectivity index (χ3n) is 2.36. The van der Waals surface area contributed by atoms with Crippen LogP contribution in [0.4, 0.5) is 5.69 Å². The van der Waals surface area contributed by atoms with E-state index < -0.39 is 10.0 Å². The summed E-state index contributed by atoms with van der Waals surface area (Å²) in [5, 5.41) is 3.06. The van der Waals surface area contributed by atoms with Gasteiger partial charge in [0.1, 0.15) is 5.76 Å². The van der Waals surface area contributed by atoms with Crippen LogP contribution < -0.4 is 10.0 Å². The van der Waals surface area contributed by atoms with E-state index in [1.807, 2.05) is 0 Å². The van der Waals surface area contributed by atoms with Gasteiger partial charge in [0.05, 0.1) is 17.6 Å². The van der Waals surface area contributed by atoms with E-state index in [1.54, 1.807) is 24.4 Å². The Kier molecular flexibility index (Phi) is 3.63. The third kappa shape index (κ3) is 2.88. The van der Waals surface area contributed by atoms with Crippen molar-refractivity contribution in [2.75, 3.05) is 12.4 Å². The van der Waals surface area contributed by atoms with Gasteiger partial charge in [0.2, 0.25) is 10.0 Å². The van der Waals surface area contributed by atoms with E-state index >= 15 is 0 Å². The molecule has 96 valence electrons. The van der Waals surface area contributed by atoms with Gasteiger partial charge in [-0.2, -0.15) is 0 Å². The van der Waals surface area contributed by atoms with E-state index in [4.69, 9.17) is 4.42 Å². The molecule has 18 heavy (non-hydrogen) atoms. The van der Waals surface area contributed by atoms with Gasteiger partial charge in [-0.05, 0) is 25.2 Å². The van der Waals surface area contributed by atoms with E-state index in [9.17, 15) is 8.42 Å². The van der Waals surface area contributed by atoms with E-state index in [1.165, 1.54) is 19.5 Å². The van der Waals surface area contributed by atoms with Crippen LogP contribution in [0.1, 0.15) is 5.76 Å². The van der Waals surface area contributed by atoms with Crippen molar-refractivity contribution in [1.82, 2.24) is 9.71 Å². The molecule has 0 aliphatic heterocycles. The zero-order chi connectivity index (χ0) is 13.0. The molecule has 0 saturated carbocycles. The molecule has 2 N–H and O–H groups in total. The van der Waals surface area contributed by atoms with Crippen LogP contribution in [0.5, 0.6) is 0 Å². The summed E-state index contributed by atoms with van der Waals surface area (Å²) >= 11 is 0. The summed E-state index contributed by atoms with van der Waals surface area (Å²) in [5.74, 6) is 0.678. The monoisotopic (exact) mass is 267 g/mol. The summed E-state index contributed by atoms with van der Waals surface area (Å²) in [6, 6.07) is 6.55. The molecule has 6 nitrogen and oxygen atoms in total. The minimum absolute atomic E-state index is 0.215. The second-order valence-electron chi connectivity index (χ2n) is 3.56. The Labute approximate surface area is 105 Å². The van der Waals surface area contributed by atoms with E-state index in [2.05, 4.69) is 15.0 Å². The van der Waals surface area contributed by atoms with Gasteiger partial charge < -0.3 is 9.73 Å². The van der Waals surface area contributed by atoms with Gasteiger partial charge in [-0.3, -0.25) is 0 Å². The zero-order valence-corrected chi connectivity index (χ0v) is 10.6. The lowest BCUT2D eigenvalue weighted by molar-refractivity contribution is 0.511. The Morgan fingerprint density at radius 1 is 1.39 bits per heavy atom. The van der Waals surface area contributed by atoms with Gasteiger partial charge in [-0.1, -0.05) is 6.07 Å². The molecule has 2 aromatic rings. The van der Waals surface area contributed by atoms with E-state index in [-0.39, 0.29) is 4.90 Å². The van der Waals surface area contributed by atoms with Crippen molar-refractivity contribution in [3.63, 3.8) is 0 Å². The van der Waals surface area contributed by atoms with Crippen molar-refractivity contribution in [3.05, 3.63) is 42.6 Å². The first-order valence-electron chi connectivity index (χ1n) is 5.26. The highest BCUT2D eigenvalue weighted by molar-refractivity contribution is 7.89. The van der Waals surface area contributed by atoms with E-state index in [0.717, 1.165) is 0 Å². The fourth-order valence-corrected chi connectivity index (χ4v) is 2.19. The summed E-state index contributed by atoms with van der Waals surface area (Å²) in [6.45, 7) is 0.447. The summed E-state index contributed by atoms with van der Waals surface area (Å²) < 4.78 is 30.6. The summed E-state index contributed by atoms with van der Waals surface area (Å²) in [5.41, 5.74) is 0.697. The Morgan fingerprint density at radius 2 is 2.22 bits per heavy atom. The van der Waals surface area contributed by atoms with Crippen LogP contribution in [0.15, 0.2) is 46.2 Å². The maximum atomic E-state index is 11.6. The number of rotatable bonds is 5. The molecule has 1 aromatic heterocycles. The van der Waals surface area contributed by atoms with Crippen molar-refractivity contribution in [2.45, 2.75) is 11.4 Å². The predicted octanol–water partition coefficient (Wildman–Crippen LogP) is 1.19. The molecule has 0 radical (unpaired) electrons. The van der Waals surface area contributed by atoms with E-state index in [0.29, 0.717) is 18.0 Å². The largest absolute Gasteiger partial charge is 0.447 e. The fraction of sp³-hybridized carbons (Fsp3) is 0.182. The van der Waals surface area contributed by atoms with Crippen molar-refractivity contribution in [3.8, 4) is 0 Å². The predicted molar refractivity (Wildman–Crippen MR) is 66.5 cm³/mol. The Balaban J connectivity index is 2.13. The third-order valence-corrected chi connectivity index (χ3v) is 3.78. The molecule has 0 aliphatic carbocycles. The van der Waals surface area contributed by atoms with Crippen LogP contribution >= 0.6 is 0 Å². The van der Waals surface area contributed by atoms with Gasteiger partial charge in [0, 0.05) is 5.69 Å². The van der Waals surface area contributed by atoms with Crippen LogP contribution in [-0.4, -0.2) is 20.4 Å². The maximum absolute atomic E-state index is 11.6. The topological polar surface area (TPSA) is 84.2 Å². The molecular formula is C11H13N3O3S. The molecule has 2 rings (SSSR count). The minimum atomic E-state index is -3.42. The molecule has 0 spiro atoms. The highest BCUT2D eigenvalue weighted by Gasteiger charge is 2.11. The molecule has 0 saturated heterocycles. The Morgan fingerprint density at radius 3 is 2.89 bits per heavy atom. The number of nitrogens with zero attached hydrogens (tertiary/aromatic N) is 1. The Bertz CT molecular complexity index is 608. The SMILES string of the molecule is CNS(=O)(=O)c1cccc(NCc2cnco2)c1. The van der Waals surface area contributed by atoms with Crippen molar-refractivity contribution in [2.24, 2.45) is 0 Å². The first kappa shape index (κ1) is 12.6. The molecule has 7 heteroatoms. The van der Waals surface area contributed by atoms with Crippen molar-refractivity contribution in [1.29, 1.82) is 0 Å². The van der Waals surface area contributed by atoms with Crippen LogP contribution in [-0.2, 0) is 16.6 Å². The molecular weight excluding hydrogens is 254 g/mol. The maximum Gasteiger partial charge on any atom is 0.240 e. The number of benzene rings is 1. The first-order chi connectivity index (χ1) is 8.62. The Hall–Kier alpha value is -1.86. The summed E-state index contributed by atoms with van der Waals surface area (Å²) in [7, 11) is -2.04. The molecule has 1 aromatic carbocycles. The van der Waals surface area contributed by atoms with Crippen LogP contribution in [0.3, 0.4) is 0 Å². The van der Waals surface area contributed by atoms with Gasteiger partial charge >= 0.3 is 0 Å². The highest BCUT2D eigenvalue weighted by atomic mass is 32.2. The molecule has 0 amide bonds. The summed E-state index contributed by atoms with van der Waals surface area (Å²) in [6.07, 6.45) is 2.94. The molecule has 0 bridgehead atoms. The zero-order valence-electron chi connectivity index (χ0n) is 9.75. The van der Waals surface area contributed by atoms with Gasteiger partial charge in [0.15, 0.2) is 6.39 Å². The van der Waals surface area contributed by atoms with Crippen LogP contribution in [0, 0.1) is 0 Å². The number of anilines is 1. The molecule has 0 unspecified atom stereocenters. The van der Waals surface area contributed by atoms with Gasteiger partial charge in [-0.15, -0.1) is 0 Å². The van der Waals surface area contributed by atoms with Crippen molar-refractivity contribution >= 4 is 15.7 Å². The molecule has 0 aliphatic rings. The van der Waals surface area contributed by atoms with Crippen LogP contribution in [0.2, 0.25) is 0 Å². The average molecular weight is 267 g/mol. The number of aromatic nitrogens is 1. The molecule has 0 fully saturated rings. The molecule has 0 atom stereocenters. The van der Waals surface area contributed by atoms with Gasteiger partial charge in [0.25, 0.3) is 0 Å². The molecule has 1 heterocycles. The number of hydrogen-bond acceptors (Lipinski definition) is 5. The minimum Gasteiger partial charge on any atom is -0.447 e. The lowest BCUT2D eigenvalue weighted by Crippen LogP contribution is -2.18. The average Bonchev–Trinajstić information content (AvgIpc) is 2.90. The number of oxazole rings is 1. The number of sulfonamides is 1. The van der Waals surface area contributed by atoms with Crippen LogP contribution in [0.25, 0.3) is 0 Å². The number of hydrogen-bond donors (Lipinski definition) is 2. The smallest absolute Gasteiger partial charge is 0.240 e. The lowest BCUT2D eigenvalue weighted by atomic mass is 10.3. The normalized spacial score (nSPS) is 11.4. The lowest BCUT2D eigenvalue weighted by Gasteiger charge is -2.07. The highest BCUT2D eigenvalue weighted by Crippen LogP contribution is 2.15. The quantitative estimate of drug-likeness (QED) is 0.850. The second-order valence-corrected chi connectivity index (χ2v) is 5.44.